The molecule has 2 aromatic heterocycles. The van der Waals surface area contributed by atoms with Crippen molar-refractivity contribution in [2.45, 2.75) is 44.5 Å². The van der Waals surface area contributed by atoms with Crippen LogP contribution >= 0.6 is 0 Å². The van der Waals surface area contributed by atoms with Crippen LogP contribution in [0.5, 0.6) is 0 Å². The smallest absolute Gasteiger partial charge is 0.481 e. The molecule has 1 aliphatic rings. The van der Waals surface area contributed by atoms with E-state index in [0.717, 1.165) is 19.3 Å². The van der Waals surface area contributed by atoms with Crippen molar-refractivity contribution in [1.82, 2.24) is 19.8 Å². The molecular weight excluding hydrogens is 387 g/mol. The Labute approximate surface area is 156 Å². The summed E-state index contributed by atoms with van der Waals surface area (Å²) < 4.78 is 33.3. The first-order valence-corrected chi connectivity index (χ1v) is 8.20. The highest BCUT2D eigenvalue weighted by atomic mass is 19.4. The second-order valence-corrected chi connectivity index (χ2v) is 6.18. The molecule has 10 nitrogen and oxygen atoms in total. The lowest BCUT2D eigenvalue weighted by atomic mass is 9.77. The highest BCUT2D eigenvalue weighted by molar-refractivity contribution is 5.73. The fourth-order valence-electron chi connectivity index (χ4n) is 2.63. The van der Waals surface area contributed by atoms with Crippen molar-refractivity contribution >= 4 is 23.4 Å². The summed E-state index contributed by atoms with van der Waals surface area (Å²) in [6, 6.07) is 3.94. The largest absolute Gasteiger partial charge is 0.490 e. The normalized spacial score (nSPS) is 18.7. The summed E-state index contributed by atoms with van der Waals surface area (Å²) in [6.45, 7) is -0.210. The van der Waals surface area contributed by atoms with Gasteiger partial charge in [0.1, 0.15) is 12.4 Å². The van der Waals surface area contributed by atoms with Crippen LogP contribution in [0, 0.1) is 5.92 Å². The average molecular weight is 405 g/mol. The molecular formula is C15H18F3N5O5. The number of aliphatic hydroxyl groups is 1. The molecule has 2 heterocycles. The summed E-state index contributed by atoms with van der Waals surface area (Å²) in [5, 5.41) is 40.3. The monoisotopic (exact) mass is 405 g/mol. The van der Waals surface area contributed by atoms with E-state index < -0.39 is 18.1 Å². The molecule has 0 aliphatic heterocycles. The summed E-state index contributed by atoms with van der Waals surface area (Å²) in [4.78, 5) is 19.4. The molecule has 28 heavy (non-hydrogen) atoms. The number of carbonyl (C=O) groups is 2. The molecule has 13 heteroatoms. The molecule has 1 aliphatic carbocycles. The van der Waals surface area contributed by atoms with Crippen LogP contribution < -0.4 is 5.32 Å². The minimum Gasteiger partial charge on any atom is -0.481 e. The van der Waals surface area contributed by atoms with Crippen molar-refractivity contribution in [1.29, 1.82) is 0 Å². The Balaban J connectivity index is 0.000000345. The van der Waals surface area contributed by atoms with Crippen LogP contribution in [0.15, 0.2) is 12.1 Å². The summed E-state index contributed by atoms with van der Waals surface area (Å²) in [5.74, 6) is -1.90. The van der Waals surface area contributed by atoms with Crippen LogP contribution in [-0.4, -0.2) is 59.3 Å². The van der Waals surface area contributed by atoms with Gasteiger partial charge < -0.3 is 20.6 Å². The Morgan fingerprint density at radius 2 is 1.86 bits per heavy atom. The molecule has 0 bridgehead atoms. The second kappa shape index (κ2) is 8.82. The van der Waals surface area contributed by atoms with Gasteiger partial charge in [-0.25, -0.2) is 4.79 Å². The number of carboxylic acid groups (broad SMARTS) is 2. The Hall–Kier alpha value is -2.96. The van der Waals surface area contributed by atoms with E-state index in [4.69, 9.17) is 20.1 Å². The maximum atomic E-state index is 10.6. The van der Waals surface area contributed by atoms with Crippen molar-refractivity contribution in [3.63, 3.8) is 0 Å². The van der Waals surface area contributed by atoms with Gasteiger partial charge in [-0.05, 0) is 37.3 Å². The van der Waals surface area contributed by atoms with Gasteiger partial charge in [0.25, 0.3) is 0 Å². The third-order valence-corrected chi connectivity index (χ3v) is 4.07. The zero-order valence-corrected chi connectivity index (χ0v) is 14.4. The number of hydrogen-bond donors (Lipinski definition) is 4. The summed E-state index contributed by atoms with van der Waals surface area (Å²) in [5.41, 5.74) is 0.595. The Morgan fingerprint density at radius 1 is 1.21 bits per heavy atom. The van der Waals surface area contributed by atoms with Crippen molar-refractivity contribution in [2.75, 3.05) is 5.32 Å². The van der Waals surface area contributed by atoms with Crippen molar-refractivity contribution in [2.24, 2.45) is 5.92 Å². The SMILES string of the molecule is O=C(O)C(F)(F)F.O=C(O)CCC1CC(Nc2ccc3nnc(CO)n3n2)C1. The van der Waals surface area contributed by atoms with Crippen LogP contribution in [-0.2, 0) is 16.2 Å². The van der Waals surface area contributed by atoms with E-state index in [1.54, 1.807) is 6.07 Å². The van der Waals surface area contributed by atoms with E-state index in [1.807, 2.05) is 6.07 Å². The van der Waals surface area contributed by atoms with Crippen molar-refractivity contribution in [3.05, 3.63) is 18.0 Å². The lowest BCUT2D eigenvalue weighted by Crippen LogP contribution is -2.36. The molecule has 154 valence electrons. The molecule has 4 N–H and O–H groups in total. The molecule has 0 saturated heterocycles. The molecule has 2 aromatic rings. The first kappa shape index (κ1) is 21.3. The third-order valence-electron chi connectivity index (χ3n) is 4.07. The highest BCUT2D eigenvalue weighted by Gasteiger charge is 2.38. The number of rotatable bonds is 6. The fraction of sp³-hybridized carbons (Fsp3) is 0.533. The number of hydrogen-bond acceptors (Lipinski definition) is 7. The number of nitrogens with one attached hydrogen (secondary N) is 1. The number of aromatic nitrogens is 4. The van der Waals surface area contributed by atoms with E-state index in [-0.39, 0.29) is 13.0 Å². The first-order chi connectivity index (χ1) is 13.1. The molecule has 0 radical (unpaired) electrons. The van der Waals surface area contributed by atoms with E-state index in [9.17, 15) is 18.0 Å². The Morgan fingerprint density at radius 3 is 2.39 bits per heavy atom. The van der Waals surface area contributed by atoms with Gasteiger partial charge in [-0.2, -0.15) is 17.7 Å². The van der Waals surface area contributed by atoms with Crippen LogP contribution in [0.2, 0.25) is 0 Å². The number of anilines is 1. The third kappa shape index (κ3) is 5.77. The molecule has 0 aromatic carbocycles. The molecule has 0 atom stereocenters. The number of aliphatic hydroxyl groups excluding tert-OH is 1. The summed E-state index contributed by atoms with van der Waals surface area (Å²) in [7, 11) is 0. The van der Waals surface area contributed by atoms with E-state index >= 15 is 0 Å². The van der Waals surface area contributed by atoms with E-state index in [1.165, 1.54) is 4.52 Å². The number of carboxylic acids is 2. The zero-order chi connectivity index (χ0) is 20.9. The topological polar surface area (TPSA) is 150 Å². The maximum absolute atomic E-state index is 10.6. The van der Waals surface area contributed by atoms with E-state index in [2.05, 4.69) is 20.6 Å². The van der Waals surface area contributed by atoms with Gasteiger partial charge >= 0.3 is 18.1 Å². The predicted molar refractivity (Wildman–Crippen MR) is 87.4 cm³/mol. The maximum Gasteiger partial charge on any atom is 0.490 e. The van der Waals surface area contributed by atoms with Gasteiger partial charge in [-0.1, -0.05) is 0 Å². The minimum absolute atomic E-state index is 0.210. The molecule has 1 fully saturated rings. The minimum atomic E-state index is -5.08. The Bertz CT molecular complexity index is 835. The standard InChI is InChI=1S/C13H17N5O3.C2HF3O2/c19-7-12-16-15-11-3-2-10(17-18(11)12)14-9-5-8(6-9)1-4-13(20)21;3-2(4,5)1(6)7/h2-3,8-9,19H,1,4-7H2,(H,14,17)(H,20,21);(H,6,7). The quantitative estimate of drug-likeness (QED) is 0.558. The molecule has 3 rings (SSSR count). The number of nitrogens with zero attached hydrogens (tertiary/aromatic N) is 4. The summed E-state index contributed by atoms with van der Waals surface area (Å²) >= 11 is 0. The van der Waals surface area contributed by atoms with Crippen LogP contribution in [0.1, 0.15) is 31.5 Å². The van der Waals surface area contributed by atoms with Gasteiger partial charge in [0.15, 0.2) is 11.5 Å². The average Bonchev–Trinajstić information content (AvgIpc) is 2.98. The van der Waals surface area contributed by atoms with Crippen molar-refractivity contribution < 1.29 is 38.1 Å². The van der Waals surface area contributed by atoms with Crippen LogP contribution in [0.3, 0.4) is 0 Å². The lowest BCUT2D eigenvalue weighted by molar-refractivity contribution is -0.192. The predicted octanol–water partition coefficient (Wildman–Crippen LogP) is 1.31. The summed E-state index contributed by atoms with van der Waals surface area (Å²) in [6.07, 6.45) is -2.19. The Kier molecular flexibility index (Phi) is 6.72. The molecule has 1 saturated carbocycles. The number of fused-ring (bicyclic) bond motifs is 1. The van der Waals surface area contributed by atoms with Gasteiger partial charge in [0.2, 0.25) is 0 Å². The van der Waals surface area contributed by atoms with Crippen LogP contribution in [0.25, 0.3) is 5.65 Å². The first-order valence-electron chi connectivity index (χ1n) is 8.20. The number of aliphatic carboxylic acids is 2. The second-order valence-electron chi connectivity index (χ2n) is 6.18. The van der Waals surface area contributed by atoms with Crippen LogP contribution in [0.4, 0.5) is 19.0 Å². The van der Waals surface area contributed by atoms with Gasteiger partial charge in [-0.15, -0.1) is 15.3 Å². The number of alkyl halides is 3. The zero-order valence-electron chi connectivity index (χ0n) is 14.4. The van der Waals surface area contributed by atoms with Gasteiger partial charge in [0, 0.05) is 12.5 Å². The van der Waals surface area contributed by atoms with Crippen molar-refractivity contribution in [3.8, 4) is 0 Å². The molecule has 0 amide bonds. The van der Waals surface area contributed by atoms with Gasteiger partial charge in [0.05, 0.1) is 0 Å². The van der Waals surface area contributed by atoms with Gasteiger partial charge in [-0.3, -0.25) is 4.79 Å². The van der Waals surface area contributed by atoms with E-state index in [0.29, 0.717) is 29.2 Å². The number of halogens is 3. The lowest BCUT2D eigenvalue weighted by Gasteiger charge is -2.35. The molecule has 0 spiro atoms. The fourth-order valence-corrected chi connectivity index (χ4v) is 2.63. The highest BCUT2D eigenvalue weighted by Crippen LogP contribution is 2.33. The molecule has 0 unspecified atom stereocenters.